The van der Waals surface area contributed by atoms with Crippen molar-refractivity contribution in [2.24, 2.45) is 11.5 Å². The van der Waals surface area contributed by atoms with Gasteiger partial charge in [-0.25, -0.2) is 0 Å². The largest absolute Gasteiger partial charge is 0.505 e. The fourth-order valence-corrected chi connectivity index (χ4v) is 3.26. The summed E-state index contributed by atoms with van der Waals surface area (Å²) in [6, 6.07) is 8.60. The van der Waals surface area contributed by atoms with E-state index in [0.717, 1.165) is 24.0 Å². The van der Waals surface area contributed by atoms with Crippen LogP contribution in [-0.2, 0) is 17.6 Å². The fourth-order valence-electron chi connectivity index (χ4n) is 3.26. The van der Waals surface area contributed by atoms with Crippen LogP contribution in [-0.4, -0.2) is 28.7 Å². The van der Waals surface area contributed by atoms with Crippen LogP contribution < -0.4 is 16.8 Å². The van der Waals surface area contributed by atoms with Gasteiger partial charge in [-0.3, -0.25) is 4.79 Å². The Balaban J connectivity index is 2.44. The SMILES string of the molecule is C=CCc1cccc(-c2cc(CC=C)c(O)c(NC(=O)[C@@H](N)CCCCN)c2O)c1. The predicted molar refractivity (Wildman–Crippen MR) is 123 cm³/mol. The van der Waals surface area contributed by atoms with Crippen LogP contribution in [0.15, 0.2) is 55.6 Å². The van der Waals surface area contributed by atoms with Gasteiger partial charge in [-0.05, 0) is 49.4 Å². The number of hydrogen-bond donors (Lipinski definition) is 5. The van der Waals surface area contributed by atoms with Gasteiger partial charge in [-0.2, -0.15) is 0 Å². The molecule has 0 radical (unpaired) electrons. The highest BCUT2D eigenvalue weighted by Gasteiger charge is 2.22. The first-order chi connectivity index (χ1) is 14.4. The van der Waals surface area contributed by atoms with Crippen molar-refractivity contribution in [3.63, 3.8) is 0 Å². The molecule has 0 unspecified atom stereocenters. The van der Waals surface area contributed by atoms with Crippen molar-refractivity contribution in [1.29, 1.82) is 0 Å². The van der Waals surface area contributed by atoms with Crippen molar-refractivity contribution in [2.45, 2.75) is 38.1 Å². The van der Waals surface area contributed by atoms with E-state index in [1.54, 1.807) is 18.2 Å². The van der Waals surface area contributed by atoms with Crippen LogP contribution in [0.1, 0.15) is 30.4 Å². The Labute approximate surface area is 177 Å². The highest BCUT2D eigenvalue weighted by atomic mass is 16.3. The molecule has 0 spiro atoms. The summed E-state index contributed by atoms with van der Waals surface area (Å²) in [6.45, 7) is 8.01. The highest BCUT2D eigenvalue weighted by Crippen LogP contribution is 2.44. The Morgan fingerprint density at radius 2 is 1.83 bits per heavy atom. The molecule has 0 saturated carbocycles. The normalized spacial score (nSPS) is 11.7. The van der Waals surface area contributed by atoms with Crippen LogP contribution in [0.2, 0.25) is 0 Å². The molecule has 0 bridgehead atoms. The van der Waals surface area contributed by atoms with Crippen LogP contribution in [0.3, 0.4) is 0 Å². The number of unbranched alkanes of at least 4 members (excludes halogenated alkanes) is 1. The standard InChI is InChI=1S/C24H31N3O3/c1-3-8-16-10-7-11-17(14-16)19-15-18(9-4-2)22(28)21(23(19)29)27-24(30)20(26)12-5-6-13-25/h3-4,7,10-11,14-15,20,28-29H,1-2,5-6,8-9,12-13,25-26H2,(H,27,30)/t20-/m0/s1. The second kappa shape index (κ2) is 11.2. The molecular formula is C24H31N3O3. The Morgan fingerprint density at radius 1 is 1.10 bits per heavy atom. The first-order valence-electron chi connectivity index (χ1n) is 10.1. The molecule has 0 aliphatic rings. The average Bonchev–Trinajstić information content (AvgIpc) is 2.73. The molecule has 6 nitrogen and oxygen atoms in total. The van der Waals surface area contributed by atoms with Gasteiger partial charge in [0.15, 0.2) is 5.75 Å². The maximum Gasteiger partial charge on any atom is 0.241 e. The van der Waals surface area contributed by atoms with Gasteiger partial charge in [0.1, 0.15) is 11.4 Å². The molecule has 160 valence electrons. The topological polar surface area (TPSA) is 122 Å². The minimum absolute atomic E-state index is 0.0438. The summed E-state index contributed by atoms with van der Waals surface area (Å²) in [5.41, 5.74) is 14.2. The van der Waals surface area contributed by atoms with E-state index in [0.29, 0.717) is 36.9 Å². The molecule has 7 N–H and O–H groups in total. The number of hydrogen-bond acceptors (Lipinski definition) is 5. The second-order valence-corrected chi connectivity index (χ2v) is 7.22. The lowest BCUT2D eigenvalue weighted by molar-refractivity contribution is -0.117. The molecule has 6 heteroatoms. The van der Waals surface area contributed by atoms with E-state index in [1.807, 2.05) is 24.3 Å². The number of phenols is 2. The Bertz CT molecular complexity index is 909. The molecule has 2 rings (SSSR count). The van der Waals surface area contributed by atoms with E-state index in [4.69, 9.17) is 11.5 Å². The first kappa shape index (κ1) is 23.2. The minimum atomic E-state index is -0.766. The fraction of sp³-hybridized carbons (Fsp3) is 0.292. The number of rotatable bonds is 11. The summed E-state index contributed by atoms with van der Waals surface area (Å²) in [6.07, 6.45) is 6.47. The van der Waals surface area contributed by atoms with Gasteiger partial charge in [0.25, 0.3) is 0 Å². The maximum atomic E-state index is 12.5. The van der Waals surface area contributed by atoms with Gasteiger partial charge in [-0.15, -0.1) is 13.2 Å². The van der Waals surface area contributed by atoms with Crippen LogP contribution in [0.5, 0.6) is 11.5 Å². The van der Waals surface area contributed by atoms with E-state index in [9.17, 15) is 15.0 Å². The van der Waals surface area contributed by atoms with Crippen LogP contribution in [0.25, 0.3) is 11.1 Å². The second-order valence-electron chi connectivity index (χ2n) is 7.22. The van der Waals surface area contributed by atoms with Crippen molar-refractivity contribution in [3.05, 3.63) is 66.8 Å². The molecule has 1 atom stereocenters. The van der Waals surface area contributed by atoms with Crippen molar-refractivity contribution >= 4 is 11.6 Å². The Kier molecular flexibility index (Phi) is 8.65. The van der Waals surface area contributed by atoms with Crippen molar-refractivity contribution in [2.75, 3.05) is 11.9 Å². The summed E-state index contributed by atoms with van der Waals surface area (Å²) in [5.74, 6) is -0.876. The van der Waals surface area contributed by atoms with Gasteiger partial charge in [0.05, 0.1) is 6.04 Å². The molecule has 0 saturated heterocycles. The van der Waals surface area contributed by atoms with E-state index >= 15 is 0 Å². The maximum absolute atomic E-state index is 12.5. The van der Waals surface area contributed by atoms with E-state index < -0.39 is 11.9 Å². The summed E-state index contributed by atoms with van der Waals surface area (Å²) >= 11 is 0. The van der Waals surface area contributed by atoms with Gasteiger partial charge in [0, 0.05) is 11.1 Å². The molecule has 30 heavy (non-hydrogen) atoms. The number of aromatic hydroxyl groups is 2. The third-order valence-electron chi connectivity index (χ3n) is 4.89. The van der Waals surface area contributed by atoms with Gasteiger partial charge < -0.3 is 27.0 Å². The molecule has 1 amide bonds. The quantitative estimate of drug-likeness (QED) is 0.220. The summed E-state index contributed by atoms with van der Waals surface area (Å²) < 4.78 is 0. The number of amides is 1. The third-order valence-corrected chi connectivity index (χ3v) is 4.89. The zero-order valence-corrected chi connectivity index (χ0v) is 17.2. The number of carbonyl (C=O) groups is 1. The number of allylic oxidation sites excluding steroid dienone is 2. The number of phenolic OH excluding ortho intramolecular Hbond substituents is 2. The highest BCUT2D eigenvalue weighted by molar-refractivity contribution is 5.99. The molecule has 2 aromatic carbocycles. The summed E-state index contributed by atoms with van der Waals surface area (Å²) in [7, 11) is 0. The van der Waals surface area contributed by atoms with E-state index in [-0.39, 0.29) is 17.2 Å². The number of nitrogens with two attached hydrogens (primary N) is 2. The first-order valence-corrected chi connectivity index (χ1v) is 10.1. The molecule has 2 aromatic rings. The number of carbonyl (C=O) groups excluding carboxylic acids is 1. The third kappa shape index (κ3) is 5.72. The molecule has 0 aliphatic heterocycles. The van der Waals surface area contributed by atoms with Crippen molar-refractivity contribution in [3.8, 4) is 22.6 Å². The average molecular weight is 410 g/mol. The monoisotopic (exact) mass is 409 g/mol. The molecule has 0 aliphatic carbocycles. The minimum Gasteiger partial charge on any atom is -0.505 e. The summed E-state index contributed by atoms with van der Waals surface area (Å²) in [5, 5.41) is 24.2. The predicted octanol–water partition coefficient (Wildman–Crippen LogP) is 3.62. The number of anilines is 1. The van der Waals surface area contributed by atoms with Crippen molar-refractivity contribution < 1.29 is 15.0 Å². The van der Waals surface area contributed by atoms with Crippen LogP contribution >= 0.6 is 0 Å². The Morgan fingerprint density at radius 3 is 2.50 bits per heavy atom. The molecule has 0 fully saturated rings. The smallest absolute Gasteiger partial charge is 0.241 e. The van der Waals surface area contributed by atoms with Gasteiger partial charge >= 0.3 is 0 Å². The van der Waals surface area contributed by atoms with E-state index in [2.05, 4.69) is 18.5 Å². The zero-order valence-electron chi connectivity index (χ0n) is 17.2. The molecule has 0 heterocycles. The van der Waals surface area contributed by atoms with Crippen molar-refractivity contribution in [1.82, 2.24) is 0 Å². The Hall–Kier alpha value is -3.09. The lowest BCUT2D eigenvalue weighted by Gasteiger charge is -2.18. The summed E-state index contributed by atoms with van der Waals surface area (Å²) in [4.78, 5) is 12.5. The number of nitrogens with one attached hydrogen (secondary N) is 1. The van der Waals surface area contributed by atoms with Gasteiger partial charge in [-0.1, -0.05) is 42.8 Å². The lowest BCUT2D eigenvalue weighted by atomic mass is 9.96. The number of benzene rings is 2. The van der Waals surface area contributed by atoms with Crippen LogP contribution in [0, 0.1) is 0 Å². The van der Waals surface area contributed by atoms with Gasteiger partial charge in [0.2, 0.25) is 5.91 Å². The molecule has 0 aromatic heterocycles. The van der Waals surface area contributed by atoms with Crippen LogP contribution in [0.4, 0.5) is 5.69 Å². The zero-order chi connectivity index (χ0) is 22.1. The lowest BCUT2D eigenvalue weighted by Crippen LogP contribution is -2.35. The van der Waals surface area contributed by atoms with E-state index in [1.165, 1.54) is 0 Å². The molecular weight excluding hydrogens is 378 g/mol.